The number of carbonyl (C=O) groups excluding carboxylic acids is 1. The van der Waals surface area contributed by atoms with Crippen LogP contribution in [0.4, 0.5) is 5.69 Å². The lowest BCUT2D eigenvalue weighted by atomic mass is 9.86. The molecule has 2 aromatic rings. The number of aryl methyl sites for hydroxylation is 1. The fraction of sp³-hybridized carbons (Fsp3) is 0.613. The molecule has 0 aliphatic heterocycles. The Hall–Kier alpha value is -2.36. The molecule has 1 aromatic heterocycles. The van der Waals surface area contributed by atoms with Crippen molar-refractivity contribution in [1.29, 1.82) is 0 Å². The van der Waals surface area contributed by atoms with Gasteiger partial charge in [-0.05, 0) is 30.0 Å². The number of unbranched alkanes of at least 4 members (excludes halogenated alkanes) is 9. The van der Waals surface area contributed by atoms with Crippen molar-refractivity contribution in [1.82, 2.24) is 0 Å². The van der Waals surface area contributed by atoms with Gasteiger partial charge in [0.25, 0.3) is 0 Å². The van der Waals surface area contributed by atoms with Crippen LogP contribution in [0.5, 0.6) is 5.75 Å². The van der Waals surface area contributed by atoms with Gasteiger partial charge in [-0.3, -0.25) is 4.79 Å². The zero-order valence-corrected chi connectivity index (χ0v) is 23.2. The average Bonchev–Trinajstić information content (AvgIpc) is 2.81. The highest BCUT2D eigenvalue weighted by Gasteiger charge is 2.23. The molecule has 0 atom stereocenters. The molecule has 35 heavy (non-hydrogen) atoms. The molecule has 4 nitrogen and oxygen atoms in total. The van der Waals surface area contributed by atoms with Gasteiger partial charge >= 0.3 is 0 Å². The maximum Gasteiger partial charge on any atom is 0.224 e. The highest BCUT2D eigenvalue weighted by Crippen LogP contribution is 2.35. The molecule has 0 saturated carbocycles. The van der Waals surface area contributed by atoms with E-state index >= 15 is 0 Å². The molecular weight excluding hydrogens is 432 g/mol. The van der Waals surface area contributed by atoms with E-state index < -0.39 is 0 Å². The minimum Gasteiger partial charge on any atom is -0.493 e. The standard InChI is InChI=1S/C31H49N2O2/c1-7-8-9-10-11-12-13-14-15-18-23-35-30-21-20-27(24-29(30)31(3,4)5)33(26(2)34)25-28-19-16-17-22-32(28)6/h16-17,19-22,24H,7-15,18,23,25H2,1-6H3/q+1. The molecule has 194 valence electrons. The van der Waals surface area contributed by atoms with Gasteiger partial charge in [-0.15, -0.1) is 0 Å². The van der Waals surface area contributed by atoms with Gasteiger partial charge in [0.2, 0.25) is 11.6 Å². The Bertz CT molecular complexity index is 901. The van der Waals surface area contributed by atoms with E-state index in [-0.39, 0.29) is 11.3 Å². The molecular formula is C31H49N2O2+. The van der Waals surface area contributed by atoms with Gasteiger partial charge in [0.15, 0.2) is 6.20 Å². The van der Waals surface area contributed by atoms with Crippen LogP contribution < -0.4 is 14.2 Å². The van der Waals surface area contributed by atoms with E-state index in [2.05, 4.69) is 44.4 Å². The van der Waals surface area contributed by atoms with Crippen molar-refractivity contribution in [2.75, 3.05) is 11.5 Å². The second-order valence-corrected chi connectivity index (χ2v) is 10.9. The Labute approximate surface area is 214 Å². The third kappa shape index (κ3) is 10.0. The number of pyridine rings is 1. The predicted molar refractivity (Wildman–Crippen MR) is 147 cm³/mol. The van der Waals surface area contributed by atoms with Crippen LogP contribution in [-0.2, 0) is 23.8 Å². The molecule has 0 N–H and O–H groups in total. The van der Waals surface area contributed by atoms with Crippen LogP contribution in [0.2, 0.25) is 0 Å². The Morgan fingerprint density at radius 2 is 1.54 bits per heavy atom. The van der Waals surface area contributed by atoms with Gasteiger partial charge < -0.3 is 9.64 Å². The van der Waals surface area contributed by atoms with E-state index in [0.29, 0.717) is 6.54 Å². The SMILES string of the molecule is CCCCCCCCCCCCOc1ccc(N(Cc2cccc[n+]2C)C(C)=O)cc1C(C)(C)C. The number of carbonyl (C=O) groups is 1. The zero-order valence-electron chi connectivity index (χ0n) is 23.2. The first-order valence-corrected chi connectivity index (χ1v) is 13.7. The Kier molecular flexibility index (Phi) is 12.3. The third-order valence-corrected chi connectivity index (χ3v) is 6.70. The summed E-state index contributed by atoms with van der Waals surface area (Å²) in [6, 6.07) is 12.3. The van der Waals surface area contributed by atoms with E-state index in [1.165, 1.54) is 57.8 Å². The fourth-order valence-electron chi connectivity index (χ4n) is 4.44. The molecule has 1 aromatic carbocycles. The van der Waals surface area contributed by atoms with Crippen LogP contribution in [0.25, 0.3) is 0 Å². The molecule has 2 rings (SSSR count). The van der Waals surface area contributed by atoms with Crippen molar-refractivity contribution >= 4 is 11.6 Å². The number of anilines is 1. The van der Waals surface area contributed by atoms with Gasteiger partial charge in [-0.2, -0.15) is 0 Å². The van der Waals surface area contributed by atoms with Crippen molar-refractivity contribution in [3.8, 4) is 5.75 Å². The normalized spacial score (nSPS) is 11.5. The fourth-order valence-corrected chi connectivity index (χ4v) is 4.44. The van der Waals surface area contributed by atoms with E-state index in [1.54, 1.807) is 6.92 Å². The summed E-state index contributed by atoms with van der Waals surface area (Å²) < 4.78 is 8.32. The molecule has 0 bridgehead atoms. The molecule has 4 heteroatoms. The molecule has 0 fully saturated rings. The minimum atomic E-state index is -0.0804. The summed E-state index contributed by atoms with van der Waals surface area (Å²) in [5, 5.41) is 0. The van der Waals surface area contributed by atoms with Crippen molar-refractivity contribution in [3.05, 3.63) is 53.9 Å². The average molecular weight is 482 g/mol. The monoisotopic (exact) mass is 481 g/mol. The van der Waals surface area contributed by atoms with Crippen LogP contribution in [-0.4, -0.2) is 12.5 Å². The van der Waals surface area contributed by atoms with Crippen molar-refractivity contribution in [3.63, 3.8) is 0 Å². The third-order valence-electron chi connectivity index (χ3n) is 6.70. The lowest BCUT2D eigenvalue weighted by Gasteiger charge is -2.27. The first kappa shape index (κ1) is 28.9. The summed E-state index contributed by atoms with van der Waals surface area (Å²) in [5.74, 6) is 0.971. The van der Waals surface area contributed by atoms with Gasteiger partial charge in [-0.1, -0.05) is 91.5 Å². The Morgan fingerprint density at radius 1 is 0.914 bits per heavy atom. The summed E-state index contributed by atoms with van der Waals surface area (Å²) in [6.07, 6.45) is 15.2. The minimum absolute atomic E-state index is 0.0349. The van der Waals surface area contributed by atoms with E-state index in [1.807, 2.05) is 42.4 Å². The molecule has 0 saturated heterocycles. The van der Waals surface area contributed by atoms with Crippen molar-refractivity contribution < 1.29 is 14.1 Å². The molecule has 0 aliphatic rings. The van der Waals surface area contributed by atoms with Gasteiger partial charge in [0.05, 0.1) is 6.61 Å². The van der Waals surface area contributed by atoms with Crippen LogP contribution in [0.3, 0.4) is 0 Å². The molecule has 0 spiro atoms. The Morgan fingerprint density at radius 3 is 2.11 bits per heavy atom. The van der Waals surface area contributed by atoms with E-state index in [9.17, 15) is 4.79 Å². The number of hydrogen-bond donors (Lipinski definition) is 0. The molecule has 1 heterocycles. The first-order chi connectivity index (χ1) is 16.7. The topological polar surface area (TPSA) is 33.4 Å². The summed E-state index contributed by atoms with van der Waals surface area (Å²) in [7, 11) is 2.01. The number of hydrogen-bond acceptors (Lipinski definition) is 2. The number of ether oxygens (including phenoxy) is 1. The second kappa shape index (κ2) is 14.9. The van der Waals surface area contributed by atoms with E-state index in [4.69, 9.17) is 4.74 Å². The quantitative estimate of drug-likeness (QED) is 0.193. The highest BCUT2D eigenvalue weighted by molar-refractivity contribution is 5.91. The van der Waals surface area contributed by atoms with Gasteiger partial charge in [0, 0.05) is 30.3 Å². The van der Waals surface area contributed by atoms with Gasteiger partial charge in [-0.25, -0.2) is 4.57 Å². The summed E-state index contributed by atoms with van der Waals surface area (Å²) in [5.41, 5.74) is 3.06. The number of aromatic nitrogens is 1. The second-order valence-electron chi connectivity index (χ2n) is 10.9. The number of rotatable bonds is 15. The molecule has 1 amide bonds. The summed E-state index contributed by atoms with van der Waals surface area (Å²) >= 11 is 0. The predicted octanol–water partition coefficient (Wildman–Crippen LogP) is 7.66. The van der Waals surface area contributed by atoms with E-state index in [0.717, 1.165) is 35.7 Å². The van der Waals surface area contributed by atoms with Crippen molar-refractivity contribution in [2.24, 2.45) is 7.05 Å². The van der Waals surface area contributed by atoms with Crippen LogP contribution in [0, 0.1) is 0 Å². The largest absolute Gasteiger partial charge is 0.493 e. The summed E-state index contributed by atoms with van der Waals surface area (Å²) in [6.45, 7) is 11.8. The summed E-state index contributed by atoms with van der Waals surface area (Å²) in [4.78, 5) is 14.4. The molecule has 0 unspecified atom stereocenters. The van der Waals surface area contributed by atoms with Crippen molar-refractivity contribution in [2.45, 2.75) is 111 Å². The maximum absolute atomic E-state index is 12.6. The van der Waals surface area contributed by atoms with Crippen LogP contribution >= 0.6 is 0 Å². The lowest BCUT2D eigenvalue weighted by Crippen LogP contribution is -2.38. The van der Waals surface area contributed by atoms with Crippen LogP contribution in [0.15, 0.2) is 42.6 Å². The molecule has 0 radical (unpaired) electrons. The maximum atomic E-state index is 12.6. The number of nitrogens with zero attached hydrogens (tertiary/aromatic N) is 2. The Balaban J connectivity index is 1.94. The zero-order chi connectivity index (χ0) is 25.7. The molecule has 0 aliphatic carbocycles. The lowest BCUT2D eigenvalue weighted by molar-refractivity contribution is -0.679. The smallest absolute Gasteiger partial charge is 0.224 e. The number of amides is 1. The van der Waals surface area contributed by atoms with Crippen LogP contribution in [0.1, 0.15) is 110 Å². The highest BCUT2D eigenvalue weighted by atomic mass is 16.5. The number of benzene rings is 1. The van der Waals surface area contributed by atoms with Gasteiger partial charge in [0.1, 0.15) is 19.3 Å². The first-order valence-electron chi connectivity index (χ1n) is 13.7.